The highest BCUT2D eigenvalue weighted by molar-refractivity contribution is 7.89. The molecule has 18 heavy (non-hydrogen) atoms. The van der Waals surface area contributed by atoms with E-state index in [1.54, 1.807) is 12.1 Å². The van der Waals surface area contributed by atoms with E-state index in [-0.39, 0.29) is 10.7 Å². The quantitative estimate of drug-likeness (QED) is 0.822. The monoisotopic (exact) mass is 269 g/mol. The van der Waals surface area contributed by atoms with E-state index in [0.29, 0.717) is 19.4 Å². The van der Waals surface area contributed by atoms with Crippen LogP contribution in [0.25, 0.3) is 0 Å². The molecular weight excluding hydrogens is 250 g/mol. The lowest BCUT2D eigenvalue weighted by Gasteiger charge is -2.06. The first-order valence-electron chi connectivity index (χ1n) is 6.10. The molecule has 5 heteroatoms. The van der Waals surface area contributed by atoms with Crippen molar-refractivity contribution in [2.75, 3.05) is 6.54 Å². The van der Waals surface area contributed by atoms with Gasteiger partial charge in [-0.25, -0.2) is 13.1 Å². The number of carbonyl (C=O) groups excluding carboxylic acids is 1. The maximum atomic E-state index is 11.8. The lowest BCUT2D eigenvalue weighted by atomic mass is 10.1. The van der Waals surface area contributed by atoms with Crippen molar-refractivity contribution in [2.24, 2.45) is 0 Å². The van der Waals surface area contributed by atoms with E-state index in [1.807, 2.05) is 13.8 Å². The van der Waals surface area contributed by atoms with Gasteiger partial charge < -0.3 is 0 Å². The average Bonchev–Trinajstić information content (AvgIpc) is 2.37. The standard InChI is InChI=1S/C13H19NO3S/c1-3-9-14-18(16,17)13-7-5-11(6-8-13)10-12(15)4-2/h5-8,14H,3-4,9-10H2,1-2H3. The first kappa shape index (κ1) is 14.9. The molecule has 0 saturated heterocycles. The van der Waals surface area contributed by atoms with Crippen molar-refractivity contribution in [3.8, 4) is 0 Å². The van der Waals surface area contributed by atoms with Gasteiger partial charge in [0.1, 0.15) is 5.78 Å². The molecule has 0 fully saturated rings. The first-order chi connectivity index (χ1) is 8.49. The number of hydrogen-bond acceptors (Lipinski definition) is 3. The van der Waals surface area contributed by atoms with Crippen molar-refractivity contribution in [1.82, 2.24) is 4.72 Å². The Labute approximate surface area is 108 Å². The first-order valence-corrected chi connectivity index (χ1v) is 7.58. The van der Waals surface area contributed by atoms with Gasteiger partial charge in [0, 0.05) is 19.4 Å². The minimum absolute atomic E-state index is 0.148. The van der Waals surface area contributed by atoms with Crippen LogP contribution in [0.5, 0.6) is 0 Å². The van der Waals surface area contributed by atoms with Crippen molar-refractivity contribution < 1.29 is 13.2 Å². The van der Waals surface area contributed by atoms with Gasteiger partial charge in [-0.1, -0.05) is 26.0 Å². The zero-order chi connectivity index (χ0) is 13.6. The highest BCUT2D eigenvalue weighted by atomic mass is 32.2. The van der Waals surface area contributed by atoms with Gasteiger partial charge in [-0.15, -0.1) is 0 Å². The number of benzene rings is 1. The van der Waals surface area contributed by atoms with Crippen LogP contribution in [0.15, 0.2) is 29.2 Å². The SMILES string of the molecule is CCCNS(=O)(=O)c1ccc(CC(=O)CC)cc1. The van der Waals surface area contributed by atoms with Gasteiger partial charge in [0.25, 0.3) is 0 Å². The van der Waals surface area contributed by atoms with Crippen molar-refractivity contribution in [1.29, 1.82) is 0 Å². The fourth-order valence-corrected chi connectivity index (χ4v) is 2.59. The summed E-state index contributed by atoms with van der Waals surface area (Å²) in [7, 11) is -3.41. The Morgan fingerprint density at radius 3 is 2.28 bits per heavy atom. The molecule has 0 unspecified atom stereocenters. The molecule has 0 spiro atoms. The van der Waals surface area contributed by atoms with Crippen LogP contribution >= 0.6 is 0 Å². The van der Waals surface area contributed by atoms with Gasteiger partial charge in [-0.2, -0.15) is 0 Å². The van der Waals surface area contributed by atoms with Crippen LogP contribution in [0.3, 0.4) is 0 Å². The van der Waals surface area contributed by atoms with E-state index in [4.69, 9.17) is 0 Å². The van der Waals surface area contributed by atoms with Crippen LogP contribution in [-0.4, -0.2) is 20.7 Å². The number of Topliss-reactive ketones (excluding diaryl/α,β-unsaturated/α-hetero) is 1. The third-order valence-electron chi connectivity index (χ3n) is 2.57. The Kier molecular flexibility index (Phi) is 5.50. The summed E-state index contributed by atoms with van der Waals surface area (Å²) < 4.78 is 26.1. The molecular formula is C13H19NO3S. The number of rotatable bonds is 7. The topological polar surface area (TPSA) is 63.2 Å². The molecule has 0 heterocycles. The molecule has 0 saturated carbocycles. The summed E-state index contributed by atoms with van der Waals surface area (Å²) in [6.45, 7) is 4.15. The molecule has 0 radical (unpaired) electrons. The summed E-state index contributed by atoms with van der Waals surface area (Å²) in [5.74, 6) is 0.148. The Morgan fingerprint density at radius 2 is 1.78 bits per heavy atom. The van der Waals surface area contributed by atoms with E-state index >= 15 is 0 Å². The summed E-state index contributed by atoms with van der Waals surface area (Å²) in [6.07, 6.45) is 1.61. The smallest absolute Gasteiger partial charge is 0.240 e. The predicted molar refractivity (Wildman–Crippen MR) is 70.9 cm³/mol. The van der Waals surface area contributed by atoms with Crippen molar-refractivity contribution in [3.05, 3.63) is 29.8 Å². The summed E-state index contributed by atoms with van der Waals surface area (Å²) in [5, 5.41) is 0. The minimum atomic E-state index is -3.41. The van der Waals surface area contributed by atoms with Crippen molar-refractivity contribution in [3.63, 3.8) is 0 Å². The Hall–Kier alpha value is -1.20. The van der Waals surface area contributed by atoms with Crippen LogP contribution in [0, 0.1) is 0 Å². The molecule has 1 rings (SSSR count). The molecule has 1 aromatic rings. The fourth-order valence-electron chi connectivity index (χ4n) is 1.46. The molecule has 0 aliphatic carbocycles. The zero-order valence-electron chi connectivity index (χ0n) is 10.8. The molecule has 1 N–H and O–H groups in total. The second-order valence-electron chi connectivity index (χ2n) is 4.11. The second-order valence-corrected chi connectivity index (χ2v) is 5.88. The molecule has 0 aliphatic heterocycles. The summed E-state index contributed by atoms with van der Waals surface area (Å²) in [5.41, 5.74) is 0.844. The van der Waals surface area contributed by atoms with Crippen LogP contribution in [-0.2, 0) is 21.2 Å². The predicted octanol–water partition coefficient (Wildman–Crippen LogP) is 1.90. The molecule has 100 valence electrons. The number of sulfonamides is 1. The lowest BCUT2D eigenvalue weighted by molar-refractivity contribution is -0.118. The van der Waals surface area contributed by atoms with Crippen molar-refractivity contribution >= 4 is 15.8 Å². The van der Waals surface area contributed by atoms with Crippen molar-refractivity contribution in [2.45, 2.75) is 38.0 Å². The highest BCUT2D eigenvalue weighted by Crippen LogP contribution is 2.11. The Balaban J connectivity index is 2.79. The van der Waals surface area contributed by atoms with E-state index in [9.17, 15) is 13.2 Å². The number of nitrogens with one attached hydrogen (secondary N) is 1. The molecule has 1 aromatic carbocycles. The van der Waals surface area contributed by atoms with E-state index < -0.39 is 10.0 Å². The summed E-state index contributed by atoms with van der Waals surface area (Å²) in [6, 6.07) is 6.45. The van der Waals surface area contributed by atoms with Crippen LogP contribution in [0.1, 0.15) is 32.3 Å². The lowest BCUT2D eigenvalue weighted by Crippen LogP contribution is -2.24. The van der Waals surface area contributed by atoms with Gasteiger partial charge >= 0.3 is 0 Å². The summed E-state index contributed by atoms with van der Waals surface area (Å²) in [4.78, 5) is 11.5. The second kappa shape index (κ2) is 6.66. The molecule has 0 aromatic heterocycles. The third kappa shape index (κ3) is 4.23. The maximum absolute atomic E-state index is 11.8. The fraction of sp³-hybridized carbons (Fsp3) is 0.462. The largest absolute Gasteiger partial charge is 0.299 e. The van der Waals surface area contributed by atoms with Gasteiger partial charge in [0.2, 0.25) is 10.0 Å². The van der Waals surface area contributed by atoms with E-state index in [0.717, 1.165) is 12.0 Å². The minimum Gasteiger partial charge on any atom is -0.299 e. The number of hydrogen-bond donors (Lipinski definition) is 1. The average molecular weight is 269 g/mol. The van der Waals surface area contributed by atoms with E-state index in [1.165, 1.54) is 12.1 Å². The number of ketones is 1. The maximum Gasteiger partial charge on any atom is 0.240 e. The Morgan fingerprint density at radius 1 is 1.17 bits per heavy atom. The molecule has 0 bridgehead atoms. The third-order valence-corrected chi connectivity index (χ3v) is 4.05. The summed E-state index contributed by atoms with van der Waals surface area (Å²) >= 11 is 0. The highest BCUT2D eigenvalue weighted by Gasteiger charge is 2.12. The number of carbonyl (C=O) groups is 1. The molecule has 4 nitrogen and oxygen atoms in total. The van der Waals surface area contributed by atoms with Gasteiger partial charge in [-0.3, -0.25) is 4.79 Å². The zero-order valence-corrected chi connectivity index (χ0v) is 11.6. The van der Waals surface area contributed by atoms with Gasteiger partial charge in [0.05, 0.1) is 4.90 Å². The van der Waals surface area contributed by atoms with Crippen LogP contribution in [0.4, 0.5) is 0 Å². The molecule has 0 atom stereocenters. The normalized spacial score (nSPS) is 11.4. The van der Waals surface area contributed by atoms with E-state index in [2.05, 4.69) is 4.72 Å². The Bertz CT molecular complexity index is 491. The van der Waals surface area contributed by atoms with Gasteiger partial charge in [-0.05, 0) is 24.1 Å². The van der Waals surface area contributed by atoms with Gasteiger partial charge in [0.15, 0.2) is 0 Å². The van der Waals surface area contributed by atoms with Crippen LogP contribution in [0.2, 0.25) is 0 Å². The van der Waals surface area contributed by atoms with Crippen LogP contribution < -0.4 is 4.72 Å². The molecule has 0 aliphatic rings. The molecule has 0 amide bonds.